The van der Waals surface area contributed by atoms with Gasteiger partial charge in [-0.25, -0.2) is 4.39 Å². The van der Waals surface area contributed by atoms with E-state index >= 15 is 0 Å². The average molecular weight is 280 g/mol. The highest BCUT2D eigenvalue weighted by Crippen LogP contribution is 2.43. The van der Waals surface area contributed by atoms with Crippen molar-refractivity contribution in [2.45, 2.75) is 51.6 Å². The van der Waals surface area contributed by atoms with Crippen molar-refractivity contribution in [3.63, 3.8) is 0 Å². The molecule has 2 rings (SSSR count). The first-order valence-electron chi connectivity index (χ1n) is 7.38. The normalized spacial score (nSPS) is 27.4. The molecular weight excluding hydrogens is 255 g/mol. The van der Waals surface area contributed by atoms with Gasteiger partial charge >= 0.3 is 0 Å². The molecule has 3 atom stereocenters. The predicted octanol–water partition coefficient (Wildman–Crippen LogP) is 3.91. The summed E-state index contributed by atoms with van der Waals surface area (Å²) in [5.41, 5.74) is 0.285. The quantitative estimate of drug-likeness (QED) is 0.909. The van der Waals surface area contributed by atoms with Gasteiger partial charge in [-0.3, -0.25) is 0 Å². The Hall–Kier alpha value is -1.09. The van der Waals surface area contributed by atoms with Gasteiger partial charge in [0.25, 0.3) is 0 Å². The van der Waals surface area contributed by atoms with E-state index < -0.39 is 0 Å². The number of aliphatic hydroxyl groups is 1. The van der Waals surface area contributed by atoms with Crippen molar-refractivity contribution in [2.24, 2.45) is 11.8 Å². The van der Waals surface area contributed by atoms with E-state index in [1.807, 2.05) is 13.8 Å². The Morgan fingerprint density at radius 3 is 2.55 bits per heavy atom. The van der Waals surface area contributed by atoms with Crippen LogP contribution in [0.1, 0.15) is 45.6 Å². The Kier molecular flexibility index (Phi) is 4.38. The van der Waals surface area contributed by atoms with Crippen molar-refractivity contribution in [3.05, 3.63) is 29.6 Å². The Bertz CT molecular complexity index is 470. The van der Waals surface area contributed by atoms with Crippen LogP contribution in [0.3, 0.4) is 0 Å². The van der Waals surface area contributed by atoms with Crippen LogP contribution in [-0.4, -0.2) is 18.3 Å². The number of hydrogen-bond acceptors (Lipinski definition) is 2. The van der Waals surface area contributed by atoms with Gasteiger partial charge in [0, 0.05) is 6.07 Å². The Balaban J connectivity index is 2.29. The first kappa shape index (κ1) is 15.3. The van der Waals surface area contributed by atoms with Crippen molar-refractivity contribution in [3.8, 4) is 5.75 Å². The summed E-state index contributed by atoms with van der Waals surface area (Å²) < 4.78 is 19.4. The van der Waals surface area contributed by atoms with Gasteiger partial charge in [-0.15, -0.1) is 0 Å². The minimum Gasteiger partial charge on any atom is -0.497 e. The number of ether oxygens (including phenoxy) is 1. The molecule has 20 heavy (non-hydrogen) atoms. The fourth-order valence-electron chi connectivity index (χ4n) is 3.54. The van der Waals surface area contributed by atoms with Crippen LogP contribution in [0, 0.1) is 17.7 Å². The molecule has 0 bridgehead atoms. The van der Waals surface area contributed by atoms with Gasteiger partial charge < -0.3 is 9.84 Å². The maximum absolute atomic E-state index is 14.3. The van der Waals surface area contributed by atoms with Gasteiger partial charge in [-0.05, 0) is 41.7 Å². The summed E-state index contributed by atoms with van der Waals surface area (Å²) in [6.45, 7) is 6.23. The van der Waals surface area contributed by atoms with Crippen LogP contribution in [0.2, 0.25) is 0 Å². The molecule has 2 nitrogen and oxygen atoms in total. The molecule has 3 heteroatoms. The second kappa shape index (κ2) is 5.72. The fourth-order valence-corrected chi connectivity index (χ4v) is 3.54. The number of hydrogen-bond donors (Lipinski definition) is 1. The molecule has 3 unspecified atom stereocenters. The Labute approximate surface area is 121 Å². The molecule has 0 heterocycles. The van der Waals surface area contributed by atoms with Crippen LogP contribution in [0.4, 0.5) is 4.39 Å². The second-order valence-electron chi connectivity index (χ2n) is 6.66. The van der Waals surface area contributed by atoms with E-state index in [-0.39, 0.29) is 23.3 Å². The molecular formula is C17H25FO2. The number of halogens is 1. The zero-order valence-corrected chi connectivity index (χ0v) is 12.8. The predicted molar refractivity (Wildman–Crippen MR) is 78.5 cm³/mol. The topological polar surface area (TPSA) is 29.5 Å². The molecule has 0 amide bonds. The summed E-state index contributed by atoms with van der Waals surface area (Å²) in [4.78, 5) is 0. The first-order chi connectivity index (χ1) is 9.36. The van der Waals surface area contributed by atoms with Crippen molar-refractivity contribution >= 4 is 0 Å². The molecule has 0 radical (unpaired) electrons. The van der Waals surface area contributed by atoms with E-state index in [1.165, 1.54) is 13.2 Å². The summed E-state index contributed by atoms with van der Waals surface area (Å²) in [5.74, 6) is 0.930. The summed E-state index contributed by atoms with van der Waals surface area (Å²) in [7, 11) is 1.53. The molecule has 0 spiro atoms. The maximum atomic E-state index is 14.3. The van der Waals surface area contributed by atoms with Gasteiger partial charge in [-0.2, -0.15) is 0 Å². The fraction of sp³-hybridized carbons (Fsp3) is 0.647. The van der Waals surface area contributed by atoms with Gasteiger partial charge in [0.15, 0.2) is 0 Å². The van der Waals surface area contributed by atoms with Crippen molar-refractivity contribution in [1.29, 1.82) is 0 Å². The molecule has 0 aliphatic heterocycles. The third-order valence-electron chi connectivity index (χ3n) is 4.88. The van der Waals surface area contributed by atoms with Crippen LogP contribution in [0.25, 0.3) is 0 Å². The van der Waals surface area contributed by atoms with E-state index in [1.54, 1.807) is 12.1 Å². The lowest BCUT2D eigenvalue weighted by Crippen LogP contribution is -2.41. The minimum atomic E-state index is -0.379. The lowest BCUT2D eigenvalue weighted by molar-refractivity contribution is 0.0135. The van der Waals surface area contributed by atoms with E-state index in [0.717, 1.165) is 19.3 Å². The molecule has 1 aliphatic carbocycles. The van der Waals surface area contributed by atoms with Gasteiger partial charge in [0.05, 0.1) is 13.2 Å². The number of methoxy groups -OCH3 is 1. The largest absolute Gasteiger partial charge is 0.497 e. The lowest BCUT2D eigenvalue weighted by atomic mass is 9.64. The van der Waals surface area contributed by atoms with Gasteiger partial charge in [-0.1, -0.05) is 33.3 Å². The van der Waals surface area contributed by atoms with Crippen molar-refractivity contribution in [2.75, 3.05) is 7.11 Å². The van der Waals surface area contributed by atoms with E-state index in [9.17, 15) is 9.50 Å². The minimum absolute atomic E-state index is 0.0987. The SMILES string of the molecule is COc1ccc(C(C)(C)C2CCC(C)CC2O)c(F)c1. The van der Waals surface area contributed by atoms with Crippen LogP contribution in [0.5, 0.6) is 5.75 Å². The Morgan fingerprint density at radius 2 is 2.00 bits per heavy atom. The van der Waals surface area contributed by atoms with Gasteiger partial charge in [0.2, 0.25) is 0 Å². The monoisotopic (exact) mass is 280 g/mol. The molecule has 1 N–H and O–H groups in total. The highest BCUT2D eigenvalue weighted by Gasteiger charge is 2.40. The van der Waals surface area contributed by atoms with Crippen LogP contribution < -0.4 is 4.74 Å². The van der Waals surface area contributed by atoms with E-state index in [4.69, 9.17) is 4.74 Å². The summed E-state index contributed by atoms with van der Waals surface area (Å²) in [6.07, 6.45) is 2.51. The second-order valence-corrected chi connectivity index (χ2v) is 6.66. The van der Waals surface area contributed by atoms with Crippen LogP contribution in [0.15, 0.2) is 18.2 Å². The molecule has 1 aliphatic rings. The maximum Gasteiger partial charge on any atom is 0.130 e. The van der Waals surface area contributed by atoms with Crippen molar-refractivity contribution in [1.82, 2.24) is 0 Å². The molecule has 0 aromatic heterocycles. The standard InChI is InChI=1S/C17H25FO2/c1-11-5-7-14(16(19)9-11)17(2,3)13-8-6-12(20-4)10-15(13)18/h6,8,10-11,14,16,19H,5,7,9H2,1-4H3. The number of aliphatic hydroxyl groups excluding tert-OH is 1. The van der Waals surface area contributed by atoms with Crippen LogP contribution >= 0.6 is 0 Å². The summed E-state index contributed by atoms with van der Waals surface area (Å²) in [5, 5.41) is 10.4. The summed E-state index contributed by atoms with van der Waals surface area (Å²) >= 11 is 0. The van der Waals surface area contributed by atoms with Crippen molar-refractivity contribution < 1.29 is 14.2 Å². The molecule has 1 aromatic carbocycles. The number of benzene rings is 1. The molecule has 1 aromatic rings. The third kappa shape index (κ3) is 2.83. The molecule has 0 saturated heterocycles. The molecule has 1 saturated carbocycles. The zero-order valence-electron chi connectivity index (χ0n) is 12.8. The Morgan fingerprint density at radius 1 is 1.30 bits per heavy atom. The average Bonchev–Trinajstić information content (AvgIpc) is 2.37. The van der Waals surface area contributed by atoms with Crippen LogP contribution in [-0.2, 0) is 5.41 Å². The zero-order chi connectivity index (χ0) is 14.9. The molecule has 1 fully saturated rings. The third-order valence-corrected chi connectivity index (χ3v) is 4.88. The van der Waals surface area contributed by atoms with E-state index in [0.29, 0.717) is 17.2 Å². The number of rotatable bonds is 3. The lowest BCUT2D eigenvalue weighted by Gasteiger charge is -2.42. The smallest absolute Gasteiger partial charge is 0.130 e. The van der Waals surface area contributed by atoms with E-state index in [2.05, 4.69) is 6.92 Å². The highest BCUT2D eigenvalue weighted by molar-refractivity contribution is 5.34. The molecule has 112 valence electrons. The first-order valence-corrected chi connectivity index (χ1v) is 7.38. The highest BCUT2D eigenvalue weighted by atomic mass is 19.1. The summed E-state index contributed by atoms with van der Waals surface area (Å²) in [6, 6.07) is 5.01. The van der Waals surface area contributed by atoms with Gasteiger partial charge in [0.1, 0.15) is 11.6 Å².